The first-order chi connectivity index (χ1) is 11.6. The standard InChI is InChI=1S/C17H25N5O2/c1-13(23)19-15-5-4-10-22(12-15)17(24)20-14-6-7-16(18-11-14)21-8-2-3-9-21/h6-7,11,15H,2-5,8-10,12H2,1H3,(H,19,23)(H,20,24)/t15-/m1/s1. The topological polar surface area (TPSA) is 77.6 Å². The molecule has 0 aromatic carbocycles. The molecule has 7 nitrogen and oxygen atoms in total. The summed E-state index contributed by atoms with van der Waals surface area (Å²) in [6.07, 6.45) is 5.94. The van der Waals surface area contributed by atoms with Gasteiger partial charge in [-0.15, -0.1) is 0 Å². The molecule has 0 unspecified atom stereocenters. The number of urea groups is 1. The number of nitrogens with one attached hydrogen (secondary N) is 2. The van der Waals surface area contributed by atoms with E-state index in [1.165, 1.54) is 19.8 Å². The van der Waals surface area contributed by atoms with E-state index in [0.717, 1.165) is 31.7 Å². The Morgan fingerprint density at radius 3 is 2.62 bits per heavy atom. The second-order valence-corrected chi connectivity index (χ2v) is 6.52. The molecule has 0 saturated carbocycles. The minimum atomic E-state index is -0.138. The maximum atomic E-state index is 12.4. The van der Waals surface area contributed by atoms with Gasteiger partial charge < -0.3 is 20.4 Å². The van der Waals surface area contributed by atoms with Crippen molar-refractivity contribution in [1.29, 1.82) is 0 Å². The van der Waals surface area contributed by atoms with Crippen LogP contribution in [0.5, 0.6) is 0 Å². The minimum absolute atomic E-state index is 0.0395. The molecule has 0 spiro atoms. The second-order valence-electron chi connectivity index (χ2n) is 6.52. The number of piperidine rings is 1. The highest BCUT2D eigenvalue weighted by Crippen LogP contribution is 2.19. The van der Waals surface area contributed by atoms with Crippen LogP contribution in [0, 0.1) is 0 Å². The smallest absolute Gasteiger partial charge is 0.321 e. The Balaban J connectivity index is 1.54. The van der Waals surface area contributed by atoms with Gasteiger partial charge in [0.1, 0.15) is 5.82 Å². The number of amides is 3. The monoisotopic (exact) mass is 331 g/mol. The zero-order chi connectivity index (χ0) is 16.9. The van der Waals surface area contributed by atoms with Crippen molar-refractivity contribution >= 4 is 23.4 Å². The number of anilines is 2. The lowest BCUT2D eigenvalue weighted by molar-refractivity contribution is -0.119. The van der Waals surface area contributed by atoms with Gasteiger partial charge in [0.25, 0.3) is 0 Å². The molecule has 3 heterocycles. The molecule has 2 N–H and O–H groups in total. The number of carbonyl (C=O) groups is 2. The third kappa shape index (κ3) is 4.15. The van der Waals surface area contributed by atoms with Crippen LogP contribution >= 0.6 is 0 Å². The third-order valence-electron chi connectivity index (χ3n) is 4.55. The summed E-state index contributed by atoms with van der Waals surface area (Å²) in [5.74, 6) is 0.915. The molecule has 24 heavy (non-hydrogen) atoms. The minimum Gasteiger partial charge on any atom is -0.357 e. The average Bonchev–Trinajstić information content (AvgIpc) is 3.09. The van der Waals surface area contributed by atoms with Gasteiger partial charge in [0.15, 0.2) is 0 Å². The van der Waals surface area contributed by atoms with E-state index in [4.69, 9.17) is 0 Å². The van der Waals surface area contributed by atoms with Gasteiger partial charge in [0, 0.05) is 39.1 Å². The molecule has 0 bridgehead atoms. The molecule has 2 aliphatic heterocycles. The highest BCUT2D eigenvalue weighted by molar-refractivity contribution is 5.89. The molecule has 2 aliphatic rings. The van der Waals surface area contributed by atoms with Gasteiger partial charge in [-0.25, -0.2) is 9.78 Å². The molecule has 1 atom stereocenters. The summed E-state index contributed by atoms with van der Waals surface area (Å²) in [5, 5.41) is 5.79. The lowest BCUT2D eigenvalue weighted by atomic mass is 10.1. The molecule has 130 valence electrons. The van der Waals surface area contributed by atoms with Crippen LogP contribution in [0.25, 0.3) is 0 Å². The summed E-state index contributed by atoms with van der Waals surface area (Å²) in [7, 11) is 0. The first-order valence-corrected chi connectivity index (χ1v) is 8.66. The van der Waals surface area contributed by atoms with Gasteiger partial charge in [-0.2, -0.15) is 0 Å². The van der Waals surface area contributed by atoms with Crippen LogP contribution in [-0.2, 0) is 4.79 Å². The highest BCUT2D eigenvalue weighted by atomic mass is 16.2. The van der Waals surface area contributed by atoms with Crippen LogP contribution in [0.15, 0.2) is 18.3 Å². The molecule has 3 amide bonds. The molecular weight excluding hydrogens is 306 g/mol. The Labute approximate surface area is 142 Å². The van der Waals surface area contributed by atoms with E-state index >= 15 is 0 Å². The zero-order valence-corrected chi connectivity index (χ0v) is 14.1. The van der Waals surface area contributed by atoms with Gasteiger partial charge in [0.05, 0.1) is 11.9 Å². The van der Waals surface area contributed by atoms with Gasteiger partial charge in [-0.1, -0.05) is 0 Å². The first kappa shape index (κ1) is 16.5. The predicted molar refractivity (Wildman–Crippen MR) is 93.1 cm³/mol. The maximum absolute atomic E-state index is 12.4. The van der Waals surface area contributed by atoms with Crippen molar-refractivity contribution in [2.75, 3.05) is 36.4 Å². The van der Waals surface area contributed by atoms with Crippen molar-refractivity contribution in [3.8, 4) is 0 Å². The fourth-order valence-electron chi connectivity index (χ4n) is 3.36. The van der Waals surface area contributed by atoms with E-state index in [-0.39, 0.29) is 18.0 Å². The van der Waals surface area contributed by atoms with E-state index in [0.29, 0.717) is 18.8 Å². The lowest BCUT2D eigenvalue weighted by Gasteiger charge is -2.33. The molecular formula is C17H25N5O2. The number of hydrogen-bond donors (Lipinski definition) is 2. The predicted octanol–water partition coefficient (Wildman–Crippen LogP) is 1.81. The fourth-order valence-corrected chi connectivity index (χ4v) is 3.36. The van der Waals surface area contributed by atoms with E-state index in [1.807, 2.05) is 12.1 Å². The Kier molecular flexibility index (Phi) is 5.17. The molecule has 0 radical (unpaired) electrons. The van der Waals surface area contributed by atoms with Crippen molar-refractivity contribution in [3.05, 3.63) is 18.3 Å². The lowest BCUT2D eigenvalue weighted by Crippen LogP contribution is -2.50. The molecule has 3 rings (SSSR count). The van der Waals surface area contributed by atoms with Gasteiger partial charge in [-0.3, -0.25) is 4.79 Å². The summed E-state index contributed by atoms with van der Waals surface area (Å²) in [4.78, 5) is 32.0. The van der Waals surface area contributed by atoms with Crippen LogP contribution in [0.3, 0.4) is 0 Å². The summed E-state index contributed by atoms with van der Waals surface area (Å²) in [5.41, 5.74) is 0.699. The molecule has 2 fully saturated rings. The number of nitrogens with zero attached hydrogens (tertiary/aromatic N) is 3. The Morgan fingerprint density at radius 1 is 1.17 bits per heavy atom. The first-order valence-electron chi connectivity index (χ1n) is 8.66. The van der Waals surface area contributed by atoms with Crippen LogP contribution in [0.2, 0.25) is 0 Å². The van der Waals surface area contributed by atoms with Crippen LogP contribution in [-0.4, -0.2) is 54.0 Å². The van der Waals surface area contributed by atoms with E-state index in [9.17, 15) is 9.59 Å². The number of carbonyl (C=O) groups excluding carboxylic acids is 2. The summed E-state index contributed by atoms with van der Waals surface area (Å²) in [6.45, 7) is 4.87. The quantitative estimate of drug-likeness (QED) is 0.885. The van der Waals surface area contributed by atoms with E-state index < -0.39 is 0 Å². The summed E-state index contributed by atoms with van der Waals surface area (Å²) < 4.78 is 0. The summed E-state index contributed by atoms with van der Waals surface area (Å²) in [6, 6.07) is 3.75. The van der Waals surface area contributed by atoms with E-state index in [2.05, 4.69) is 20.5 Å². The molecule has 7 heteroatoms. The van der Waals surface area contributed by atoms with Gasteiger partial charge in [0.2, 0.25) is 5.91 Å². The van der Waals surface area contributed by atoms with Gasteiger partial charge in [-0.05, 0) is 37.8 Å². The molecule has 1 aromatic heterocycles. The van der Waals surface area contributed by atoms with Crippen molar-refractivity contribution in [3.63, 3.8) is 0 Å². The average molecular weight is 331 g/mol. The zero-order valence-electron chi connectivity index (χ0n) is 14.1. The Morgan fingerprint density at radius 2 is 1.96 bits per heavy atom. The van der Waals surface area contributed by atoms with E-state index in [1.54, 1.807) is 11.1 Å². The molecule has 0 aliphatic carbocycles. The highest BCUT2D eigenvalue weighted by Gasteiger charge is 2.24. The number of aromatic nitrogens is 1. The van der Waals surface area contributed by atoms with Crippen LogP contribution in [0.1, 0.15) is 32.6 Å². The summed E-state index contributed by atoms with van der Waals surface area (Å²) >= 11 is 0. The van der Waals surface area contributed by atoms with Crippen LogP contribution in [0.4, 0.5) is 16.3 Å². The Hall–Kier alpha value is -2.31. The fraction of sp³-hybridized carbons (Fsp3) is 0.588. The second kappa shape index (κ2) is 7.51. The number of pyridine rings is 1. The van der Waals surface area contributed by atoms with Crippen molar-refractivity contribution < 1.29 is 9.59 Å². The third-order valence-corrected chi connectivity index (χ3v) is 4.55. The van der Waals surface area contributed by atoms with Crippen molar-refractivity contribution in [2.45, 2.75) is 38.6 Å². The number of rotatable bonds is 3. The van der Waals surface area contributed by atoms with Crippen LogP contribution < -0.4 is 15.5 Å². The Bertz CT molecular complexity index is 583. The number of hydrogen-bond acceptors (Lipinski definition) is 4. The molecule has 1 aromatic rings. The van der Waals surface area contributed by atoms with Crippen molar-refractivity contribution in [1.82, 2.24) is 15.2 Å². The molecule has 2 saturated heterocycles. The van der Waals surface area contributed by atoms with Gasteiger partial charge >= 0.3 is 6.03 Å². The number of likely N-dealkylation sites (tertiary alicyclic amines) is 1. The largest absolute Gasteiger partial charge is 0.357 e. The SMILES string of the molecule is CC(=O)N[C@@H]1CCCN(C(=O)Nc2ccc(N3CCCC3)nc2)C1. The normalized spacial score (nSPS) is 20.8. The maximum Gasteiger partial charge on any atom is 0.321 e. The van der Waals surface area contributed by atoms with Crippen molar-refractivity contribution in [2.24, 2.45) is 0 Å².